The quantitative estimate of drug-likeness (QED) is 0.855. The van der Waals surface area contributed by atoms with E-state index in [4.69, 9.17) is 0 Å². The molecule has 0 amide bonds. The smallest absolute Gasteiger partial charge is 0.416 e. The lowest BCUT2D eigenvalue weighted by Gasteiger charge is -2.09. The van der Waals surface area contributed by atoms with Gasteiger partial charge in [-0.3, -0.25) is 0 Å². The van der Waals surface area contributed by atoms with Gasteiger partial charge in [0.25, 0.3) is 0 Å². The number of nitrogens with zero attached hydrogens (tertiary/aromatic N) is 2. The molecule has 0 unspecified atom stereocenters. The molecule has 100 valence electrons. The van der Waals surface area contributed by atoms with Gasteiger partial charge < -0.3 is 5.11 Å². The van der Waals surface area contributed by atoms with Crippen molar-refractivity contribution in [1.82, 2.24) is 10.2 Å². The summed E-state index contributed by atoms with van der Waals surface area (Å²) in [7, 11) is 0. The topological polar surface area (TPSA) is 46.0 Å². The Bertz CT molecular complexity index is 599. The highest BCUT2D eigenvalue weighted by Gasteiger charge is 2.31. The highest BCUT2D eigenvalue weighted by molar-refractivity contribution is 5.30. The van der Waals surface area contributed by atoms with Crippen LogP contribution in [-0.2, 0) is 12.6 Å². The Hall–Kier alpha value is -2.18. The van der Waals surface area contributed by atoms with E-state index < -0.39 is 17.6 Å². The average Bonchev–Trinajstić information content (AvgIpc) is 2.26. The molecule has 0 saturated carbocycles. The summed E-state index contributed by atoms with van der Waals surface area (Å²) in [6.07, 6.45) is -3.57. The molecule has 1 heterocycles. The van der Waals surface area contributed by atoms with Crippen molar-refractivity contribution in [2.45, 2.75) is 12.6 Å². The molecule has 2 aromatic rings. The average molecular weight is 272 g/mol. The van der Waals surface area contributed by atoms with Crippen molar-refractivity contribution in [2.24, 2.45) is 0 Å². The largest absolute Gasteiger partial charge is 0.506 e. The first-order chi connectivity index (χ1) is 8.84. The van der Waals surface area contributed by atoms with E-state index in [1.54, 1.807) is 0 Å². The summed E-state index contributed by atoms with van der Waals surface area (Å²) in [5, 5.41) is 16.3. The van der Waals surface area contributed by atoms with Gasteiger partial charge in [0, 0.05) is 12.5 Å². The maximum atomic E-state index is 13.2. The third-order valence-electron chi connectivity index (χ3n) is 2.36. The van der Waals surface area contributed by atoms with Crippen LogP contribution in [0.1, 0.15) is 16.8 Å². The van der Waals surface area contributed by atoms with Gasteiger partial charge in [-0.2, -0.15) is 23.4 Å². The van der Waals surface area contributed by atoms with Crippen LogP contribution in [0.3, 0.4) is 0 Å². The molecule has 1 N–H and O–H groups in total. The van der Waals surface area contributed by atoms with E-state index in [9.17, 15) is 22.7 Å². The van der Waals surface area contributed by atoms with Crippen LogP contribution in [0.5, 0.6) is 5.75 Å². The second kappa shape index (κ2) is 4.83. The zero-order chi connectivity index (χ0) is 14.0. The van der Waals surface area contributed by atoms with Gasteiger partial charge in [-0.25, -0.2) is 4.39 Å². The fourth-order valence-electron chi connectivity index (χ4n) is 1.61. The molecule has 0 spiro atoms. The second-order valence-electron chi connectivity index (χ2n) is 3.93. The number of halogens is 4. The molecule has 19 heavy (non-hydrogen) atoms. The van der Waals surface area contributed by atoms with Gasteiger partial charge in [0.15, 0.2) is 0 Å². The van der Waals surface area contributed by atoms with Crippen LogP contribution in [0.4, 0.5) is 17.6 Å². The fraction of sp³-hybridized carbons (Fsp3) is 0.167. The number of hydrogen-bond donors (Lipinski definition) is 1. The third-order valence-corrected chi connectivity index (χ3v) is 2.36. The van der Waals surface area contributed by atoms with Crippen molar-refractivity contribution in [2.75, 3.05) is 0 Å². The molecule has 3 nitrogen and oxygen atoms in total. The molecule has 2 rings (SSSR count). The van der Waals surface area contributed by atoms with E-state index in [1.165, 1.54) is 6.07 Å². The monoisotopic (exact) mass is 272 g/mol. The predicted molar refractivity (Wildman–Crippen MR) is 57.9 cm³/mol. The van der Waals surface area contributed by atoms with Gasteiger partial charge in [0.1, 0.15) is 11.6 Å². The lowest BCUT2D eigenvalue weighted by Crippen LogP contribution is -2.07. The van der Waals surface area contributed by atoms with Crippen molar-refractivity contribution in [3.8, 4) is 5.75 Å². The minimum absolute atomic E-state index is 0.0533. The van der Waals surface area contributed by atoms with Crippen LogP contribution in [-0.4, -0.2) is 15.3 Å². The minimum Gasteiger partial charge on any atom is -0.506 e. The molecule has 0 saturated heterocycles. The van der Waals surface area contributed by atoms with E-state index in [0.29, 0.717) is 6.07 Å². The number of rotatable bonds is 2. The summed E-state index contributed by atoms with van der Waals surface area (Å²) < 4.78 is 50.7. The van der Waals surface area contributed by atoms with Gasteiger partial charge in [-0.05, 0) is 23.8 Å². The van der Waals surface area contributed by atoms with Crippen LogP contribution in [0.25, 0.3) is 0 Å². The number of benzene rings is 1. The molecule has 0 bridgehead atoms. The van der Waals surface area contributed by atoms with Gasteiger partial charge in [-0.1, -0.05) is 0 Å². The van der Waals surface area contributed by atoms with Crippen molar-refractivity contribution < 1.29 is 22.7 Å². The molecule has 0 aliphatic carbocycles. The summed E-state index contributed by atoms with van der Waals surface area (Å²) in [6.45, 7) is 0. The standard InChI is InChI=1S/C12H8F4N2O/c13-9-2-7(1-8(4-9)12(14,15)16)3-10-5-11(19)6-17-18-10/h1-2,4-6H,3H2,(H,18,19). The molecule has 1 aromatic carbocycles. The minimum atomic E-state index is -4.61. The Labute approximate surface area is 105 Å². The Balaban J connectivity index is 2.33. The molecule has 0 atom stereocenters. The van der Waals surface area contributed by atoms with Crippen LogP contribution >= 0.6 is 0 Å². The Morgan fingerprint density at radius 2 is 1.84 bits per heavy atom. The first-order valence-corrected chi connectivity index (χ1v) is 5.22. The molecular weight excluding hydrogens is 264 g/mol. The van der Waals surface area contributed by atoms with Crippen molar-refractivity contribution in [3.63, 3.8) is 0 Å². The van der Waals surface area contributed by atoms with E-state index in [-0.39, 0.29) is 23.4 Å². The van der Waals surface area contributed by atoms with E-state index >= 15 is 0 Å². The zero-order valence-electron chi connectivity index (χ0n) is 9.45. The fourth-order valence-corrected chi connectivity index (χ4v) is 1.61. The second-order valence-corrected chi connectivity index (χ2v) is 3.93. The third kappa shape index (κ3) is 3.40. The molecule has 7 heteroatoms. The number of hydrogen-bond acceptors (Lipinski definition) is 3. The maximum Gasteiger partial charge on any atom is 0.416 e. The lowest BCUT2D eigenvalue weighted by atomic mass is 10.1. The summed E-state index contributed by atoms with van der Waals surface area (Å²) in [5.41, 5.74) is -0.707. The molecule has 0 radical (unpaired) electrons. The van der Waals surface area contributed by atoms with E-state index in [1.807, 2.05) is 0 Å². The number of aromatic nitrogens is 2. The summed E-state index contributed by atoms with van der Waals surface area (Å²) >= 11 is 0. The maximum absolute atomic E-state index is 13.2. The number of alkyl halides is 3. The van der Waals surface area contributed by atoms with Gasteiger partial charge in [0.2, 0.25) is 0 Å². The highest BCUT2D eigenvalue weighted by Crippen LogP contribution is 2.30. The molecule has 0 aliphatic rings. The van der Waals surface area contributed by atoms with Crippen LogP contribution < -0.4 is 0 Å². The van der Waals surface area contributed by atoms with Crippen LogP contribution in [0.2, 0.25) is 0 Å². The number of aromatic hydroxyl groups is 1. The lowest BCUT2D eigenvalue weighted by molar-refractivity contribution is -0.137. The molecule has 0 fully saturated rings. The Morgan fingerprint density at radius 1 is 1.11 bits per heavy atom. The normalized spacial score (nSPS) is 11.6. The van der Waals surface area contributed by atoms with E-state index in [0.717, 1.165) is 18.3 Å². The van der Waals surface area contributed by atoms with E-state index in [2.05, 4.69) is 10.2 Å². The van der Waals surface area contributed by atoms with Gasteiger partial charge in [-0.15, -0.1) is 0 Å². The first kappa shape index (κ1) is 13.3. The van der Waals surface area contributed by atoms with Crippen molar-refractivity contribution >= 4 is 0 Å². The molecule has 1 aromatic heterocycles. The molecular formula is C12H8F4N2O. The molecule has 0 aliphatic heterocycles. The van der Waals surface area contributed by atoms with Gasteiger partial charge >= 0.3 is 6.18 Å². The van der Waals surface area contributed by atoms with Crippen LogP contribution in [0.15, 0.2) is 30.5 Å². The predicted octanol–water partition coefficient (Wildman–Crippen LogP) is 2.93. The van der Waals surface area contributed by atoms with Gasteiger partial charge in [0.05, 0.1) is 17.5 Å². The SMILES string of the molecule is Oc1cnnc(Cc2cc(F)cc(C(F)(F)F)c2)c1. The summed E-state index contributed by atoms with van der Waals surface area (Å²) in [6, 6.07) is 3.51. The Kier molecular flexibility index (Phi) is 3.37. The summed E-state index contributed by atoms with van der Waals surface area (Å²) in [4.78, 5) is 0. The van der Waals surface area contributed by atoms with Crippen LogP contribution in [0, 0.1) is 5.82 Å². The highest BCUT2D eigenvalue weighted by atomic mass is 19.4. The van der Waals surface area contributed by atoms with Crippen molar-refractivity contribution in [3.05, 3.63) is 53.1 Å². The summed E-state index contributed by atoms with van der Waals surface area (Å²) in [5.74, 6) is -1.13. The Morgan fingerprint density at radius 3 is 2.47 bits per heavy atom. The first-order valence-electron chi connectivity index (χ1n) is 5.22. The van der Waals surface area contributed by atoms with Crippen molar-refractivity contribution in [1.29, 1.82) is 0 Å². The zero-order valence-corrected chi connectivity index (χ0v) is 9.45.